The number of hydrogen-bond donors (Lipinski definition) is 0. The van der Waals surface area contributed by atoms with Crippen molar-refractivity contribution in [2.45, 2.75) is 20.8 Å². The number of aryl methyl sites for hydroxylation is 2. The Morgan fingerprint density at radius 2 is 2.00 bits per heavy atom. The van der Waals surface area contributed by atoms with Crippen molar-refractivity contribution in [3.63, 3.8) is 0 Å². The first-order valence-electron chi connectivity index (χ1n) is 3.56. The molecule has 1 aromatic heterocycles. The minimum Gasteiger partial charge on any atom is -0.294 e. The molecule has 0 saturated carbocycles. The third kappa shape index (κ3) is 1.64. The van der Waals surface area contributed by atoms with E-state index in [9.17, 15) is 4.79 Å². The molecule has 1 heterocycles. The van der Waals surface area contributed by atoms with Gasteiger partial charge in [-0.3, -0.25) is 9.78 Å². The Morgan fingerprint density at radius 3 is 2.45 bits per heavy atom. The second-order valence-electron chi connectivity index (χ2n) is 2.64. The van der Waals surface area contributed by atoms with Crippen molar-refractivity contribution in [3.05, 3.63) is 29.1 Å². The molecule has 0 fully saturated rings. The molecule has 0 amide bonds. The predicted molar refractivity (Wildman–Crippen MR) is 43.7 cm³/mol. The van der Waals surface area contributed by atoms with E-state index in [0.29, 0.717) is 0 Å². The van der Waals surface area contributed by atoms with Gasteiger partial charge in [-0.05, 0) is 32.9 Å². The summed E-state index contributed by atoms with van der Waals surface area (Å²) in [5, 5.41) is 0. The van der Waals surface area contributed by atoms with Crippen molar-refractivity contribution < 1.29 is 4.79 Å². The summed E-state index contributed by atoms with van der Waals surface area (Å²) in [5.74, 6) is 0.0787. The first-order chi connectivity index (χ1) is 5.11. The fraction of sp³-hybridized carbons (Fsp3) is 0.333. The maximum absolute atomic E-state index is 10.9. The highest BCUT2D eigenvalue weighted by atomic mass is 16.1. The van der Waals surface area contributed by atoms with E-state index < -0.39 is 0 Å². The van der Waals surface area contributed by atoms with Crippen LogP contribution in [0.2, 0.25) is 0 Å². The van der Waals surface area contributed by atoms with Crippen LogP contribution in [0.3, 0.4) is 0 Å². The van der Waals surface area contributed by atoms with E-state index in [-0.39, 0.29) is 5.78 Å². The fourth-order valence-corrected chi connectivity index (χ4v) is 1.06. The molecule has 0 aliphatic carbocycles. The number of carbonyl (C=O) groups excluding carboxylic acids is 1. The number of hydrogen-bond acceptors (Lipinski definition) is 2. The smallest absolute Gasteiger partial charge is 0.161 e. The van der Waals surface area contributed by atoms with Gasteiger partial charge in [-0.15, -0.1) is 0 Å². The van der Waals surface area contributed by atoms with Gasteiger partial charge in [-0.1, -0.05) is 0 Å². The van der Waals surface area contributed by atoms with Crippen molar-refractivity contribution in [3.8, 4) is 0 Å². The number of ketones is 1. The molecule has 0 N–H and O–H groups in total. The van der Waals surface area contributed by atoms with E-state index in [0.717, 1.165) is 17.0 Å². The SMILES string of the molecule is CC(=O)c1ccc(C)nc1C. The molecule has 0 aliphatic heterocycles. The van der Waals surface area contributed by atoms with E-state index in [1.807, 2.05) is 26.0 Å². The zero-order chi connectivity index (χ0) is 8.43. The first kappa shape index (κ1) is 7.92. The zero-order valence-corrected chi connectivity index (χ0v) is 7.01. The van der Waals surface area contributed by atoms with Gasteiger partial charge in [0.15, 0.2) is 5.78 Å². The number of rotatable bonds is 1. The summed E-state index contributed by atoms with van der Waals surface area (Å²) in [6.07, 6.45) is 0. The molecule has 0 aromatic carbocycles. The molecule has 1 aromatic rings. The monoisotopic (exact) mass is 149 g/mol. The van der Waals surface area contributed by atoms with Gasteiger partial charge in [0.05, 0.1) is 0 Å². The standard InChI is InChI=1S/C9H11NO/c1-6-4-5-9(8(3)11)7(2)10-6/h4-5H,1-3H3. The molecule has 0 spiro atoms. The maximum atomic E-state index is 10.9. The topological polar surface area (TPSA) is 30.0 Å². The van der Waals surface area contributed by atoms with Crippen LogP contribution in [0.25, 0.3) is 0 Å². The summed E-state index contributed by atoms with van der Waals surface area (Å²) < 4.78 is 0. The number of pyridine rings is 1. The summed E-state index contributed by atoms with van der Waals surface area (Å²) in [4.78, 5) is 15.1. The maximum Gasteiger partial charge on any atom is 0.161 e. The molecule has 0 saturated heterocycles. The van der Waals surface area contributed by atoms with Gasteiger partial charge in [0.1, 0.15) is 0 Å². The average Bonchev–Trinajstić information content (AvgIpc) is 1.85. The highest BCUT2D eigenvalue weighted by Gasteiger charge is 2.03. The zero-order valence-electron chi connectivity index (χ0n) is 7.01. The Balaban J connectivity index is 3.20. The average molecular weight is 149 g/mol. The molecular formula is C9H11NO. The molecule has 58 valence electrons. The summed E-state index contributed by atoms with van der Waals surface area (Å²) in [6, 6.07) is 3.67. The lowest BCUT2D eigenvalue weighted by Crippen LogP contribution is -1.98. The Bertz CT molecular complexity index is 292. The molecular weight excluding hydrogens is 138 g/mol. The Kier molecular flexibility index (Phi) is 2.03. The van der Waals surface area contributed by atoms with E-state index in [2.05, 4.69) is 4.98 Å². The fourth-order valence-electron chi connectivity index (χ4n) is 1.06. The van der Waals surface area contributed by atoms with Crippen LogP contribution >= 0.6 is 0 Å². The van der Waals surface area contributed by atoms with Gasteiger partial charge in [0.25, 0.3) is 0 Å². The van der Waals surface area contributed by atoms with Gasteiger partial charge in [-0.2, -0.15) is 0 Å². The van der Waals surface area contributed by atoms with E-state index in [4.69, 9.17) is 0 Å². The molecule has 11 heavy (non-hydrogen) atoms. The second kappa shape index (κ2) is 2.82. The molecule has 0 bridgehead atoms. The molecule has 0 unspecified atom stereocenters. The summed E-state index contributed by atoms with van der Waals surface area (Å²) >= 11 is 0. The minimum atomic E-state index is 0.0787. The van der Waals surface area contributed by atoms with E-state index in [1.54, 1.807) is 6.92 Å². The van der Waals surface area contributed by atoms with Crippen LogP contribution in [0.1, 0.15) is 28.7 Å². The summed E-state index contributed by atoms with van der Waals surface area (Å²) in [7, 11) is 0. The largest absolute Gasteiger partial charge is 0.294 e. The lowest BCUT2D eigenvalue weighted by Gasteiger charge is -2.00. The highest BCUT2D eigenvalue weighted by molar-refractivity contribution is 5.94. The van der Waals surface area contributed by atoms with E-state index in [1.165, 1.54) is 0 Å². The van der Waals surface area contributed by atoms with Crippen molar-refractivity contribution >= 4 is 5.78 Å². The van der Waals surface area contributed by atoms with Crippen molar-refractivity contribution in [1.29, 1.82) is 0 Å². The van der Waals surface area contributed by atoms with Crippen molar-refractivity contribution in [1.82, 2.24) is 4.98 Å². The first-order valence-corrected chi connectivity index (χ1v) is 3.56. The Hall–Kier alpha value is -1.18. The van der Waals surface area contributed by atoms with E-state index >= 15 is 0 Å². The van der Waals surface area contributed by atoms with Gasteiger partial charge >= 0.3 is 0 Å². The summed E-state index contributed by atoms with van der Waals surface area (Å²) in [6.45, 7) is 5.32. The van der Waals surface area contributed by atoms with Gasteiger partial charge in [0.2, 0.25) is 0 Å². The molecule has 2 heteroatoms. The Morgan fingerprint density at radius 1 is 1.36 bits per heavy atom. The van der Waals surface area contributed by atoms with Crippen LogP contribution in [-0.4, -0.2) is 10.8 Å². The lowest BCUT2D eigenvalue weighted by molar-refractivity contribution is 0.101. The summed E-state index contributed by atoms with van der Waals surface area (Å²) in [5.41, 5.74) is 2.49. The lowest BCUT2D eigenvalue weighted by atomic mass is 10.1. The number of carbonyl (C=O) groups is 1. The molecule has 0 atom stereocenters. The highest BCUT2D eigenvalue weighted by Crippen LogP contribution is 2.06. The van der Waals surface area contributed by atoms with Crippen molar-refractivity contribution in [2.75, 3.05) is 0 Å². The van der Waals surface area contributed by atoms with Gasteiger partial charge < -0.3 is 0 Å². The van der Waals surface area contributed by atoms with Crippen LogP contribution in [0.4, 0.5) is 0 Å². The van der Waals surface area contributed by atoms with Crippen LogP contribution < -0.4 is 0 Å². The normalized spacial score (nSPS) is 9.73. The quantitative estimate of drug-likeness (QED) is 0.571. The van der Waals surface area contributed by atoms with Crippen LogP contribution in [0.5, 0.6) is 0 Å². The van der Waals surface area contributed by atoms with Gasteiger partial charge in [0, 0.05) is 17.0 Å². The molecule has 0 aliphatic rings. The van der Waals surface area contributed by atoms with Crippen LogP contribution in [0, 0.1) is 13.8 Å². The second-order valence-corrected chi connectivity index (χ2v) is 2.64. The molecule has 1 rings (SSSR count). The molecule has 0 radical (unpaired) electrons. The predicted octanol–water partition coefficient (Wildman–Crippen LogP) is 1.90. The van der Waals surface area contributed by atoms with Crippen LogP contribution in [0.15, 0.2) is 12.1 Å². The number of aromatic nitrogens is 1. The third-order valence-corrected chi connectivity index (χ3v) is 1.60. The van der Waals surface area contributed by atoms with Crippen molar-refractivity contribution in [2.24, 2.45) is 0 Å². The number of Topliss-reactive ketones (excluding diaryl/α,β-unsaturated/α-hetero) is 1. The third-order valence-electron chi connectivity index (χ3n) is 1.60. The molecule has 2 nitrogen and oxygen atoms in total. The number of nitrogens with zero attached hydrogens (tertiary/aromatic N) is 1. The van der Waals surface area contributed by atoms with Crippen LogP contribution in [-0.2, 0) is 0 Å². The Labute approximate surface area is 66.3 Å². The van der Waals surface area contributed by atoms with Gasteiger partial charge in [-0.25, -0.2) is 0 Å². The minimum absolute atomic E-state index is 0.0787.